The minimum Gasteiger partial charge on any atom is -0.504 e. The summed E-state index contributed by atoms with van der Waals surface area (Å²) in [6.07, 6.45) is 2.13. The third-order valence-electron chi connectivity index (χ3n) is 4.36. The summed E-state index contributed by atoms with van der Waals surface area (Å²) in [7, 11) is -0.998. The second-order valence-corrected chi connectivity index (χ2v) is 9.12. The molecule has 0 aliphatic carbocycles. The molecular formula is C21H22N2O6S2. The summed E-state index contributed by atoms with van der Waals surface area (Å²) in [6.45, 7) is 0.681. The molecule has 164 valence electrons. The number of benzene rings is 2. The fourth-order valence-electron chi connectivity index (χ4n) is 2.82. The Kier molecular flexibility index (Phi) is 7.37. The Bertz CT molecular complexity index is 1110. The second kappa shape index (κ2) is 9.99. The molecule has 1 heterocycles. The van der Waals surface area contributed by atoms with Crippen LogP contribution in [0.1, 0.15) is 12.0 Å². The molecule has 0 unspecified atom stereocenters. The highest BCUT2D eigenvalue weighted by Gasteiger charge is 2.34. The fourth-order valence-corrected chi connectivity index (χ4v) is 5.05. The Morgan fingerprint density at radius 2 is 1.90 bits per heavy atom. The lowest BCUT2D eigenvalue weighted by atomic mass is 10.2. The fraction of sp³-hybridized carbons (Fsp3) is 0.238. The smallest absolute Gasteiger partial charge is 0.284 e. The summed E-state index contributed by atoms with van der Waals surface area (Å²) < 4.78 is 39.5. The Balaban J connectivity index is 1.97. The van der Waals surface area contributed by atoms with E-state index in [2.05, 4.69) is 4.40 Å². The number of carbonyl (C=O) groups excluding carboxylic acids is 1. The number of rotatable bonds is 8. The summed E-state index contributed by atoms with van der Waals surface area (Å²) in [5, 5.41) is 9.85. The van der Waals surface area contributed by atoms with Gasteiger partial charge in [-0.3, -0.25) is 9.69 Å². The lowest BCUT2D eigenvalue weighted by Crippen LogP contribution is -2.31. The zero-order valence-corrected chi connectivity index (χ0v) is 18.6. The molecule has 1 saturated heterocycles. The third-order valence-corrected chi connectivity index (χ3v) is 6.76. The number of phenols is 1. The van der Waals surface area contributed by atoms with Crippen LogP contribution in [0.4, 0.5) is 0 Å². The van der Waals surface area contributed by atoms with Crippen LogP contribution in [0.3, 0.4) is 0 Å². The molecule has 0 atom stereocenters. The van der Waals surface area contributed by atoms with Crippen molar-refractivity contribution in [3.05, 3.63) is 59.0 Å². The quantitative estimate of drug-likeness (QED) is 0.475. The van der Waals surface area contributed by atoms with Gasteiger partial charge in [0.1, 0.15) is 0 Å². The number of phenolic OH excluding ortho intramolecular Hbond substituents is 1. The van der Waals surface area contributed by atoms with Gasteiger partial charge in [0.15, 0.2) is 16.7 Å². The van der Waals surface area contributed by atoms with Crippen molar-refractivity contribution in [2.45, 2.75) is 11.3 Å². The van der Waals surface area contributed by atoms with Gasteiger partial charge < -0.3 is 14.6 Å². The van der Waals surface area contributed by atoms with Crippen LogP contribution >= 0.6 is 11.8 Å². The summed E-state index contributed by atoms with van der Waals surface area (Å²) >= 11 is 0.983. The summed E-state index contributed by atoms with van der Waals surface area (Å²) in [6, 6.07) is 12.5. The number of carbonyl (C=O) groups is 1. The van der Waals surface area contributed by atoms with E-state index in [1.165, 1.54) is 30.2 Å². The van der Waals surface area contributed by atoms with E-state index in [9.17, 15) is 18.3 Å². The van der Waals surface area contributed by atoms with Crippen molar-refractivity contribution in [3.63, 3.8) is 0 Å². The number of hydrogen-bond donors (Lipinski definition) is 1. The molecule has 1 aliphatic heterocycles. The summed E-state index contributed by atoms with van der Waals surface area (Å²) in [5.41, 5.74) is 0.620. The van der Waals surface area contributed by atoms with Gasteiger partial charge >= 0.3 is 0 Å². The van der Waals surface area contributed by atoms with Crippen LogP contribution in [0.25, 0.3) is 6.08 Å². The molecule has 2 aromatic rings. The van der Waals surface area contributed by atoms with Crippen LogP contribution in [0, 0.1) is 0 Å². The maximum Gasteiger partial charge on any atom is 0.284 e. The molecule has 1 N–H and O–H groups in total. The van der Waals surface area contributed by atoms with Gasteiger partial charge in [0.05, 0.1) is 16.9 Å². The Morgan fingerprint density at radius 3 is 2.58 bits per heavy atom. The monoisotopic (exact) mass is 462 g/mol. The van der Waals surface area contributed by atoms with Gasteiger partial charge in [-0.1, -0.05) is 24.3 Å². The predicted molar refractivity (Wildman–Crippen MR) is 119 cm³/mol. The van der Waals surface area contributed by atoms with Crippen LogP contribution in [0.2, 0.25) is 0 Å². The average molecular weight is 463 g/mol. The normalized spacial score (nSPS) is 17.0. The highest BCUT2D eigenvalue weighted by molar-refractivity contribution is 8.19. The van der Waals surface area contributed by atoms with Gasteiger partial charge in [0.2, 0.25) is 0 Å². The van der Waals surface area contributed by atoms with E-state index >= 15 is 0 Å². The van der Waals surface area contributed by atoms with Crippen molar-refractivity contribution < 1.29 is 27.8 Å². The largest absolute Gasteiger partial charge is 0.504 e. The highest BCUT2D eigenvalue weighted by atomic mass is 32.2. The first kappa shape index (κ1) is 22.9. The number of nitrogens with zero attached hydrogens (tertiary/aromatic N) is 2. The number of hydrogen-bond acceptors (Lipinski definition) is 7. The maximum absolute atomic E-state index is 13.0. The molecule has 0 saturated carbocycles. The maximum atomic E-state index is 13.0. The summed E-state index contributed by atoms with van der Waals surface area (Å²) in [5.74, 6) is -0.107. The molecule has 0 bridgehead atoms. The molecule has 0 radical (unpaired) electrons. The minimum absolute atomic E-state index is 0.0209. The molecule has 31 heavy (non-hydrogen) atoms. The Labute approximate surface area is 185 Å². The van der Waals surface area contributed by atoms with Gasteiger partial charge in [0.25, 0.3) is 15.9 Å². The molecular weight excluding hydrogens is 440 g/mol. The molecule has 2 aromatic carbocycles. The van der Waals surface area contributed by atoms with E-state index < -0.39 is 10.0 Å². The average Bonchev–Trinajstić information content (AvgIpc) is 3.04. The van der Waals surface area contributed by atoms with E-state index in [-0.39, 0.29) is 34.0 Å². The molecule has 1 amide bonds. The first-order valence-corrected chi connectivity index (χ1v) is 11.6. The van der Waals surface area contributed by atoms with Crippen molar-refractivity contribution in [2.75, 3.05) is 27.4 Å². The van der Waals surface area contributed by atoms with Gasteiger partial charge in [-0.05, 0) is 54.1 Å². The van der Waals surface area contributed by atoms with E-state index in [0.29, 0.717) is 23.5 Å². The van der Waals surface area contributed by atoms with Gasteiger partial charge in [-0.25, -0.2) is 0 Å². The van der Waals surface area contributed by atoms with Crippen LogP contribution in [-0.4, -0.2) is 56.9 Å². The van der Waals surface area contributed by atoms with Crippen LogP contribution in [0.15, 0.2) is 62.7 Å². The number of aromatic hydroxyl groups is 1. The van der Waals surface area contributed by atoms with Gasteiger partial charge in [-0.2, -0.15) is 8.42 Å². The second-order valence-electron chi connectivity index (χ2n) is 6.51. The number of thioether (sulfide) groups is 1. The number of ether oxygens (including phenoxy) is 2. The number of amidine groups is 1. The highest BCUT2D eigenvalue weighted by Crippen LogP contribution is 2.35. The zero-order valence-electron chi connectivity index (χ0n) is 17.0. The van der Waals surface area contributed by atoms with Crippen molar-refractivity contribution in [3.8, 4) is 11.5 Å². The molecule has 3 rings (SSSR count). The standard InChI is InChI=1S/C21H22N2O6S2/c1-28-12-6-11-23-20(25)19(14-15-9-10-17(24)18(13-15)29-2)30-21(23)22-31(26,27)16-7-4-3-5-8-16/h3-5,7-10,13-14,24H,6,11-12H2,1-2H3/b19-14-,22-21+. The van der Waals surface area contributed by atoms with Gasteiger partial charge in [0, 0.05) is 20.3 Å². The van der Waals surface area contributed by atoms with Crippen LogP contribution in [0.5, 0.6) is 11.5 Å². The molecule has 0 spiro atoms. The van der Waals surface area contributed by atoms with Crippen molar-refractivity contribution in [1.82, 2.24) is 4.90 Å². The molecule has 1 fully saturated rings. The number of amides is 1. The van der Waals surface area contributed by atoms with Gasteiger partial charge in [-0.15, -0.1) is 4.40 Å². The Hall–Kier alpha value is -2.82. The van der Waals surface area contributed by atoms with E-state index in [1.807, 2.05) is 0 Å². The van der Waals surface area contributed by atoms with Crippen molar-refractivity contribution in [1.29, 1.82) is 0 Å². The SMILES string of the molecule is COCCCN1C(=O)/C(=C/c2ccc(O)c(OC)c2)S/C1=N/S(=O)(=O)c1ccccc1. The van der Waals surface area contributed by atoms with Crippen molar-refractivity contribution >= 4 is 38.9 Å². The first-order valence-electron chi connectivity index (χ1n) is 9.33. The Morgan fingerprint density at radius 1 is 1.16 bits per heavy atom. The van der Waals surface area contributed by atoms with E-state index in [0.717, 1.165) is 11.8 Å². The number of sulfonamides is 1. The zero-order chi connectivity index (χ0) is 22.4. The molecule has 10 heteroatoms. The molecule has 1 aliphatic rings. The van der Waals surface area contributed by atoms with E-state index in [4.69, 9.17) is 9.47 Å². The third kappa shape index (κ3) is 5.46. The topological polar surface area (TPSA) is 106 Å². The van der Waals surface area contributed by atoms with Crippen molar-refractivity contribution in [2.24, 2.45) is 4.40 Å². The molecule has 0 aromatic heterocycles. The number of methoxy groups -OCH3 is 2. The summed E-state index contributed by atoms with van der Waals surface area (Å²) in [4.78, 5) is 14.7. The first-order chi connectivity index (χ1) is 14.9. The predicted octanol–water partition coefficient (Wildman–Crippen LogP) is 3.10. The van der Waals surface area contributed by atoms with Crippen LogP contribution in [-0.2, 0) is 19.6 Å². The molecule has 8 nitrogen and oxygen atoms in total. The lowest BCUT2D eigenvalue weighted by molar-refractivity contribution is -0.122. The lowest BCUT2D eigenvalue weighted by Gasteiger charge is -2.15. The van der Waals surface area contributed by atoms with Crippen LogP contribution < -0.4 is 4.74 Å². The van der Waals surface area contributed by atoms with E-state index in [1.54, 1.807) is 43.5 Å². The minimum atomic E-state index is -3.98.